The molecule has 2 aromatic rings. The van der Waals surface area contributed by atoms with E-state index in [1.807, 2.05) is 29.2 Å². The topological polar surface area (TPSA) is 34.0 Å². The fourth-order valence-electron chi connectivity index (χ4n) is 3.21. The lowest BCUT2D eigenvalue weighted by molar-refractivity contribution is -0.917. The van der Waals surface area contributed by atoms with Crippen molar-refractivity contribution in [2.24, 2.45) is 0 Å². The molecule has 27 heavy (non-hydrogen) atoms. The molecule has 1 heterocycles. The van der Waals surface area contributed by atoms with Crippen LogP contribution in [-0.4, -0.2) is 44.1 Å². The molecule has 1 saturated heterocycles. The van der Waals surface area contributed by atoms with Crippen LogP contribution in [-0.2, 0) is 11.3 Å². The van der Waals surface area contributed by atoms with Crippen LogP contribution >= 0.6 is 11.6 Å². The Morgan fingerprint density at radius 1 is 1.26 bits per heavy atom. The van der Waals surface area contributed by atoms with Crippen molar-refractivity contribution in [3.05, 3.63) is 70.5 Å². The molecule has 1 aliphatic heterocycles. The Hall–Kier alpha value is -2.37. The van der Waals surface area contributed by atoms with Crippen LogP contribution in [0.1, 0.15) is 11.1 Å². The van der Waals surface area contributed by atoms with Gasteiger partial charge in [0.05, 0.1) is 33.3 Å². The minimum Gasteiger partial charge on any atom is -0.494 e. The van der Waals surface area contributed by atoms with Crippen LogP contribution in [0.25, 0.3) is 6.08 Å². The molecule has 0 spiro atoms. The van der Waals surface area contributed by atoms with Crippen molar-refractivity contribution in [2.45, 2.75) is 6.54 Å². The Morgan fingerprint density at radius 2 is 2.04 bits per heavy atom. The van der Waals surface area contributed by atoms with E-state index in [0.29, 0.717) is 18.1 Å². The van der Waals surface area contributed by atoms with E-state index in [9.17, 15) is 9.18 Å². The largest absolute Gasteiger partial charge is 0.494 e. The van der Waals surface area contributed by atoms with Crippen molar-refractivity contribution < 1.29 is 18.8 Å². The number of nitrogens with one attached hydrogen (secondary N) is 1. The molecule has 0 bridgehead atoms. The standard InChI is InChI=1S/C21H22ClFN2O2/c1-27-20-7-5-17(14-19(20)23)15-24-9-11-25(12-10-24)21(26)8-6-16-3-2-4-18(22)13-16/h2-8,13-14H,9-12,15H2,1H3/p+1/b8-6+. The summed E-state index contributed by atoms with van der Waals surface area (Å²) in [7, 11) is 1.46. The number of piperazine rings is 1. The number of hydrogen-bond donors (Lipinski definition) is 1. The summed E-state index contributed by atoms with van der Waals surface area (Å²) in [6.07, 6.45) is 3.38. The smallest absolute Gasteiger partial charge is 0.246 e. The van der Waals surface area contributed by atoms with Crippen LogP contribution < -0.4 is 9.64 Å². The molecule has 1 N–H and O–H groups in total. The first-order valence-electron chi connectivity index (χ1n) is 8.93. The van der Waals surface area contributed by atoms with Gasteiger partial charge < -0.3 is 14.5 Å². The van der Waals surface area contributed by atoms with Gasteiger partial charge in [0.25, 0.3) is 0 Å². The molecule has 0 atom stereocenters. The van der Waals surface area contributed by atoms with Crippen molar-refractivity contribution in [3.63, 3.8) is 0 Å². The first-order chi connectivity index (χ1) is 13.0. The van der Waals surface area contributed by atoms with Gasteiger partial charge in [-0.05, 0) is 42.0 Å². The summed E-state index contributed by atoms with van der Waals surface area (Å²) in [4.78, 5) is 15.6. The number of carbonyl (C=O) groups is 1. The van der Waals surface area contributed by atoms with Gasteiger partial charge in [-0.1, -0.05) is 23.7 Å². The van der Waals surface area contributed by atoms with Gasteiger partial charge in [0, 0.05) is 16.7 Å². The molecule has 142 valence electrons. The van der Waals surface area contributed by atoms with E-state index in [1.54, 1.807) is 24.3 Å². The van der Waals surface area contributed by atoms with E-state index in [0.717, 1.165) is 30.8 Å². The Bertz CT molecular complexity index is 833. The Kier molecular flexibility index (Phi) is 6.48. The van der Waals surface area contributed by atoms with Crippen LogP contribution in [0.2, 0.25) is 5.02 Å². The summed E-state index contributed by atoms with van der Waals surface area (Å²) in [5.74, 6) is -0.0745. The summed E-state index contributed by atoms with van der Waals surface area (Å²) >= 11 is 5.96. The van der Waals surface area contributed by atoms with Gasteiger partial charge in [-0.2, -0.15) is 0 Å². The number of carbonyl (C=O) groups excluding carboxylic acids is 1. The fourth-order valence-corrected chi connectivity index (χ4v) is 3.41. The number of halogens is 2. The predicted octanol–water partition coefficient (Wildman–Crippen LogP) is 2.43. The van der Waals surface area contributed by atoms with E-state index >= 15 is 0 Å². The summed E-state index contributed by atoms with van der Waals surface area (Å²) in [5, 5.41) is 0.650. The van der Waals surface area contributed by atoms with Crippen molar-refractivity contribution in [1.82, 2.24) is 4.90 Å². The number of hydrogen-bond acceptors (Lipinski definition) is 2. The lowest BCUT2D eigenvalue weighted by Crippen LogP contribution is -3.13. The second kappa shape index (κ2) is 9.02. The van der Waals surface area contributed by atoms with E-state index in [2.05, 4.69) is 0 Å². The Balaban J connectivity index is 1.51. The molecule has 0 aliphatic carbocycles. The Labute approximate surface area is 163 Å². The quantitative estimate of drug-likeness (QED) is 0.797. The van der Waals surface area contributed by atoms with Crippen LogP contribution in [0, 0.1) is 5.82 Å². The molecule has 1 fully saturated rings. The van der Waals surface area contributed by atoms with Gasteiger partial charge in [0.1, 0.15) is 6.54 Å². The van der Waals surface area contributed by atoms with Gasteiger partial charge in [-0.25, -0.2) is 4.39 Å². The third-order valence-electron chi connectivity index (χ3n) is 4.72. The zero-order valence-electron chi connectivity index (χ0n) is 15.3. The predicted molar refractivity (Wildman–Crippen MR) is 104 cm³/mol. The van der Waals surface area contributed by atoms with Gasteiger partial charge in [-0.15, -0.1) is 0 Å². The average Bonchev–Trinajstić information content (AvgIpc) is 2.67. The number of nitrogens with zero attached hydrogens (tertiary/aromatic N) is 1. The molecule has 2 aromatic carbocycles. The zero-order valence-corrected chi connectivity index (χ0v) is 16.0. The van der Waals surface area contributed by atoms with Crippen molar-refractivity contribution in [1.29, 1.82) is 0 Å². The van der Waals surface area contributed by atoms with Gasteiger partial charge >= 0.3 is 0 Å². The summed E-state index contributed by atoms with van der Waals surface area (Å²) < 4.78 is 18.8. The number of amides is 1. The number of quaternary nitrogens is 1. The second-order valence-corrected chi connectivity index (χ2v) is 7.05. The molecular formula is C21H23ClFN2O2+. The maximum Gasteiger partial charge on any atom is 0.246 e. The summed E-state index contributed by atoms with van der Waals surface area (Å²) in [5.41, 5.74) is 1.84. The van der Waals surface area contributed by atoms with Crippen molar-refractivity contribution in [2.75, 3.05) is 33.3 Å². The number of ether oxygens (including phenoxy) is 1. The summed E-state index contributed by atoms with van der Waals surface area (Å²) in [6.45, 7) is 3.79. The van der Waals surface area contributed by atoms with E-state index < -0.39 is 0 Å². The minimum atomic E-state index is -0.339. The number of rotatable bonds is 5. The second-order valence-electron chi connectivity index (χ2n) is 6.61. The molecule has 0 saturated carbocycles. The summed E-state index contributed by atoms with van der Waals surface area (Å²) in [6, 6.07) is 12.5. The van der Waals surface area contributed by atoms with Crippen molar-refractivity contribution in [3.8, 4) is 5.75 Å². The number of benzene rings is 2. The normalized spacial score (nSPS) is 15.3. The van der Waals surface area contributed by atoms with Crippen LogP contribution in [0.4, 0.5) is 4.39 Å². The average molecular weight is 390 g/mol. The van der Waals surface area contributed by atoms with E-state index in [-0.39, 0.29) is 17.5 Å². The van der Waals surface area contributed by atoms with Crippen LogP contribution in [0.15, 0.2) is 48.5 Å². The van der Waals surface area contributed by atoms with E-state index in [4.69, 9.17) is 16.3 Å². The molecule has 1 amide bonds. The molecule has 4 nitrogen and oxygen atoms in total. The molecule has 6 heteroatoms. The highest BCUT2D eigenvalue weighted by atomic mass is 35.5. The third-order valence-corrected chi connectivity index (χ3v) is 4.95. The van der Waals surface area contributed by atoms with Crippen LogP contribution in [0.3, 0.4) is 0 Å². The van der Waals surface area contributed by atoms with Gasteiger partial charge in [0.2, 0.25) is 5.91 Å². The first-order valence-corrected chi connectivity index (χ1v) is 9.31. The van der Waals surface area contributed by atoms with E-state index in [1.165, 1.54) is 18.1 Å². The van der Waals surface area contributed by atoms with Gasteiger partial charge in [-0.3, -0.25) is 4.79 Å². The highest BCUT2D eigenvalue weighted by Gasteiger charge is 2.22. The third kappa shape index (κ3) is 5.31. The fraction of sp³-hybridized carbons (Fsp3) is 0.286. The molecule has 0 radical (unpaired) electrons. The SMILES string of the molecule is COc1ccc(C[NH+]2CCN(C(=O)/C=C/c3cccc(Cl)c3)CC2)cc1F. The lowest BCUT2D eigenvalue weighted by Gasteiger charge is -2.31. The molecule has 3 rings (SSSR count). The lowest BCUT2D eigenvalue weighted by atomic mass is 10.1. The molecule has 1 aliphatic rings. The first kappa shape index (κ1) is 19.4. The number of methoxy groups -OCH3 is 1. The highest BCUT2D eigenvalue weighted by Crippen LogP contribution is 2.17. The minimum absolute atomic E-state index is 0.00418. The molecular weight excluding hydrogens is 367 g/mol. The van der Waals surface area contributed by atoms with Gasteiger partial charge in [0.15, 0.2) is 11.6 Å². The van der Waals surface area contributed by atoms with Crippen molar-refractivity contribution >= 4 is 23.6 Å². The monoisotopic (exact) mass is 389 g/mol. The molecule has 0 unspecified atom stereocenters. The maximum absolute atomic E-state index is 13.8. The Morgan fingerprint density at radius 3 is 2.70 bits per heavy atom. The maximum atomic E-state index is 13.8. The van der Waals surface area contributed by atoms with Crippen LogP contribution in [0.5, 0.6) is 5.75 Å². The zero-order chi connectivity index (χ0) is 19.2. The highest BCUT2D eigenvalue weighted by molar-refractivity contribution is 6.30. The molecule has 0 aromatic heterocycles.